The normalized spacial score (nSPS) is 18.6. The molecular weight excluding hydrogens is 1910 g/mol. The van der Waals surface area contributed by atoms with Gasteiger partial charge in [0.25, 0.3) is 45.9 Å². The Morgan fingerprint density at radius 2 is 0.555 bits per heavy atom. The average Bonchev–Trinajstić information content (AvgIpc) is 1.30. The number of ether oxygens (including phenoxy) is 4. The van der Waals surface area contributed by atoms with Crippen LogP contribution < -0.4 is 80.4 Å². The number of hydrogen-bond donors (Lipinski definition) is 4. The molecule has 0 aromatic carbocycles. The van der Waals surface area contributed by atoms with Crippen LogP contribution in [0.1, 0.15) is 149 Å². The molecule has 12 aromatic heterocycles. The van der Waals surface area contributed by atoms with Crippen molar-refractivity contribution in [3.8, 4) is 46.3 Å². The summed E-state index contributed by atoms with van der Waals surface area (Å²) in [7, 11) is 0. The molecule has 146 heavy (non-hydrogen) atoms. The Morgan fingerprint density at radius 1 is 0.308 bits per heavy atom. The molecule has 8 aliphatic heterocycles. The molecule has 12 aromatic rings. The molecule has 0 saturated carbocycles. The molecule has 8 saturated heterocycles. The van der Waals surface area contributed by atoms with Gasteiger partial charge in [0.1, 0.15) is 95.1 Å². The average molecular weight is 2030 g/mol. The van der Waals surface area contributed by atoms with Crippen LogP contribution in [0.25, 0.3) is 23.3 Å². The number of pyridine rings is 8. The number of aryl methyl sites for hydroxylation is 8. The van der Waals surface area contributed by atoms with E-state index in [1.807, 2.05) is 51.0 Å². The molecule has 4 amide bonds. The SMILES string of the molecule is CCCc1cnc(N2CCC(Oc3cc(=O)n(-c4ccc(N5CCC(O)C5=O)c(C)n4)cc3Cl)CC2)nc1.CCCc1cnc(N2CCC(Oc3ccn(-c4ccc(N5CCC(O)C5=O)c(C)n4)c(=O)c3)CC2)nc1.Cc1cnc(N2CCC(Oc3cc(=O)n(-c4ccc(N5CCC(O)C5=O)c(C)n4)cc3Cl)CC2)nc1.Cc1cnc(N2CCC(Oc3ccn(-c4ccc(N5CCC(O)C5=O)c(C)n4)c(=O)c3)CC2)nc1. The smallest absolute Gasteiger partial charge is 0.260 e. The molecule has 20 rings (SSSR count). The zero-order valence-corrected chi connectivity index (χ0v) is 84.1. The second kappa shape index (κ2) is 46.2. The Labute approximate surface area is 852 Å². The van der Waals surface area contributed by atoms with Crippen molar-refractivity contribution < 1.29 is 58.6 Å². The Balaban J connectivity index is 0.000000133. The van der Waals surface area contributed by atoms with E-state index in [9.17, 15) is 58.8 Å². The Morgan fingerprint density at radius 3 is 0.795 bits per heavy atom. The summed E-state index contributed by atoms with van der Waals surface area (Å²) in [6.45, 7) is 23.2. The lowest BCUT2D eigenvalue weighted by atomic mass is 10.1. The van der Waals surface area contributed by atoms with Crippen molar-refractivity contribution in [1.82, 2.24) is 78.1 Å². The molecule has 4 atom stereocenters. The number of aromatic nitrogens is 16. The van der Waals surface area contributed by atoms with E-state index in [0.717, 1.165) is 170 Å². The first kappa shape index (κ1) is 103. The summed E-state index contributed by atoms with van der Waals surface area (Å²) in [5.74, 6) is 5.03. The summed E-state index contributed by atoms with van der Waals surface area (Å²) in [6.07, 6.45) is 29.1. The first-order valence-corrected chi connectivity index (χ1v) is 50.3. The van der Waals surface area contributed by atoms with Crippen LogP contribution in [0.4, 0.5) is 46.5 Å². The largest absolute Gasteiger partial charge is 0.490 e. The molecule has 40 nitrogen and oxygen atoms in total. The van der Waals surface area contributed by atoms with E-state index >= 15 is 0 Å². The molecule has 0 radical (unpaired) electrons. The summed E-state index contributed by atoms with van der Waals surface area (Å²) in [5, 5.41) is 39.6. The van der Waals surface area contributed by atoms with Gasteiger partial charge in [0.2, 0.25) is 23.8 Å². The van der Waals surface area contributed by atoms with Crippen LogP contribution in [0.5, 0.6) is 23.0 Å². The number of hydrogen-bond acceptors (Lipinski definition) is 32. The number of carbonyl (C=O) groups excluding carboxylic acids is 4. The minimum Gasteiger partial charge on any atom is -0.490 e. The maximum absolute atomic E-state index is 13.0. The number of nitrogens with zero attached hydrogens (tertiary/aromatic N) is 24. The minimum absolute atomic E-state index is 0.0128. The van der Waals surface area contributed by atoms with Crippen molar-refractivity contribution in [2.75, 3.05) is 118 Å². The van der Waals surface area contributed by atoms with Gasteiger partial charge in [-0.1, -0.05) is 49.9 Å². The highest BCUT2D eigenvalue weighted by Gasteiger charge is 2.38. The fourth-order valence-electron chi connectivity index (χ4n) is 18.8. The van der Waals surface area contributed by atoms with E-state index in [1.54, 1.807) is 113 Å². The minimum atomic E-state index is -0.985. The standard InChI is InChI=1S/C27H31ClN6O4.C27H32N6O4.C25H27ClN6O4.C25H28N6O4/c1-3-4-18-14-29-27(30-15-18)32-10-7-19(8-11-32)38-23-13-25(36)34(16-20(23)28)24-6-5-21(17(2)31-24)33-12-9-22(35)26(33)37;1-3-4-19-16-28-27(29-17-19)31-11-7-20(8-12-31)37-21-9-13-33(25(35)15-21)24-6-5-22(18(2)30-24)32-14-10-23(34)26(32)36;1-15-12-27-25(28-13-15)30-8-5-17(6-9-30)36-21-11-23(34)32(14-18(21)26)22-4-3-19(16(2)29-22)31-10-7-20(33)24(31)35;1-16-14-26-25(27-15-16)29-9-5-18(6-10-29)35-19-7-11-31(23(33)13-19)22-4-3-20(17(2)28-22)30-12-8-21(32)24(30)34/h5-6,13-16,19,22,35H,3-4,7-12H2,1-2H3;5-6,9,13,15-17,20,23,34H,3-4,7-8,10-12,14H2,1-2H3;3-4,11-14,17,20,33H,5-10H2,1-2H3;3-4,7,11,13-15,18,21,32H,5-6,8-10,12H2,1-2H3. The fraction of sp³-hybridized carbons (Fsp3) is 0.423. The number of rotatable bonds is 24. The zero-order chi connectivity index (χ0) is 103. The molecule has 20 heterocycles. The Kier molecular flexibility index (Phi) is 32.6. The van der Waals surface area contributed by atoms with Crippen LogP contribution in [0, 0.1) is 41.5 Å². The molecular formula is C104H118Cl2N24O16. The summed E-state index contributed by atoms with van der Waals surface area (Å²) < 4.78 is 30.0. The molecule has 8 fully saturated rings. The highest BCUT2D eigenvalue weighted by Crippen LogP contribution is 2.36. The van der Waals surface area contributed by atoms with Crippen molar-refractivity contribution >= 4 is 93.4 Å². The summed E-state index contributed by atoms with van der Waals surface area (Å²) in [4.78, 5) is 169. The first-order chi connectivity index (χ1) is 70.4. The molecule has 0 bridgehead atoms. The van der Waals surface area contributed by atoms with Gasteiger partial charge >= 0.3 is 0 Å². The summed E-state index contributed by atoms with van der Waals surface area (Å²) in [6, 6.07) is 22.9. The van der Waals surface area contributed by atoms with E-state index in [4.69, 9.17) is 42.1 Å². The van der Waals surface area contributed by atoms with Crippen molar-refractivity contribution in [1.29, 1.82) is 0 Å². The van der Waals surface area contributed by atoms with Crippen LogP contribution in [0.15, 0.2) is 178 Å². The molecule has 0 aliphatic carbocycles. The van der Waals surface area contributed by atoms with Crippen molar-refractivity contribution in [2.24, 2.45) is 0 Å². The number of piperidine rings is 4. The molecule has 0 spiro atoms. The molecule has 42 heteroatoms. The number of aliphatic hydroxyl groups excluding tert-OH is 4. The van der Waals surface area contributed by atoms with Gasteiger partial charge in [-0.05, 0) is 137 Å². The van der Waals surface area contributed by atoms with Crippen LogP contribution in [0.3, 0.4) is 0 Å². The third kappa shape index (κ3) is 24.1. The van der Waals surface area contributed by atoms with E-state index in [-0.39, 0.29) is 70.3 Å². The Bertz CT molecular complexity index is 6960. The quantitative estimate of drug-likeness (QED) is 0.0437. The predicted octanol–water partition coefficient (Wildman–Crippen LogP) is 9.73. The lowest BCUT2D eigenvalue weighted by Crippen LogP contribution is -2.39. The molecule has 8 aliphatic rings. The van der Waals surface area contributed by atoms with Crippen molar-refractivity contribution in [2.45, 2.75) is 207 Å². The summed E-state index contributed by atoms with van der Waals surface area (Å²) in [5.41, 5.74) is 8.08. The van der Waals surface area contributed by atoms with Gasteiger partial charge in [-0.15, -0.1) is 0 Å². The van der Waals surface area contributed by atoms with Gasteiger partial charge in [0, 0.05) is 254 Å². The number of carbonyl (C=O) groups is 4. The second-order valence-corrected chi connectivity index (χ2v) is 38.2. The van der Waals surface area contributed by atoms with Gasteiger partial charge in [0.05, 0.1) is 55.6 Å². The second-order valence-electron chi connectivity index (χ2n) is 37.4. The van der Waals surface area contributed by atoms with Gasteiger partial charge in [0.15, 0.2) is 0 Å². The van der Waals surface area contributed by atoms with E-state index in [1.165, 1.54) is 74.5 Å². The van der Waals surface area contributed by atoms with E-state index < -0.39 is 24.4 Å². The monoisotopic (exact) mass is 2030 g/mol. The van der Waals surface area contributed by atoms with E-state index in [0.29, 0.717) is 160 Å². The van der Waals surface area contributed by atoms with E-state index in [2.05, 4.69) is 93.3 Å². The number of amides is 4. The van der Waals surface area contributed by atoms with Gasteiger partial charge in [-0.3, -0.25) is 56.6 Å². The maximum Gasteiger partial charge on any atom is 0.260 e. The number of aliphatic hydroxyl groups is 4. The van der Waals surface area contributed by atoms with Crippen LogP contribution in [-0.2, 0) is 32.0 Å². The van der Waals surface area contributed by atoms with Crippen molar-refractivity contribution in [3.63, 3.8) is 0 Å². The predicted molar refractivity (Wildman–Crippen MR) is 549 cm³/mol. The number of anilines is 8. The lowest BCUT2D eigenvalue weighted by molar-refractivity contribution is -0.124. The molecule has 764 valence electrons. The van der Waals surface area contributed by atoms with Gasteiger partial charge in [-0.2, -0.15) is 0 Å². The first-order valence-electron chi connectivity index (χ1n) is 49.5. The van der Waals surface area contributed by atoms with Crippen LogP contribution >= 0.6 is 23.2 Å². The third-order valence-electron chi connectivity index (χ3n) is 26.8. The number of halogens is 2. The molecule has 4 N–H and O–H groups in total. The highest BCUT2D eigenvalue weighted by molar-refractivity contribution is 6.32. The lowest BCUT2D eigenvalue weighted by Gasteiger charge is -2.32. The topological polar surface area (TPSA) is 455 Å². The molecule has 4 unspecified atom stereocenters. The zero-order valence-electron chi connectivity index (χ0n) is 82.6. The Hall–Kier alpha value is -14.6. The van der Waals surface area contributed by atoms with Crippen LogP contribution in [0.2, 0.25) is 10.0 Å². The fourth-order valence-corrected chi connectivity index (χ4v) is 19.2. The van der Waals surface area contributed by atoms with Crippen molar-refractivity contribution in [3.05, 3.63) is 256 Å². The van der Waals surface area contributed by atoms with Gasteiger partial charge in [-0.25, -0.2) is 59.8 Å². The highest BCUT2D eigenvalue weighted by atomic mass is 35.5. The maximum atomic E-state index is 13.0. The van der Waals surface area contributed by atoms with Crippen LogP contribution in [-0.4, -0.2) is 249 Å². The summed E-state index contributed by atoms with van der Waals surface area (Å²) >= 11 is 13.0. The third-order valence-corrected chi connectivity index (χ3v) is 27.4. The van der Waals surface area contributed by atoms with Gasteiger partial charge < -0.3 is 78.6 Å².